The predicted molar refractivity (Wildman–Crippen MR) is 73.8 cm³/mol. The fourth-order valence-corrected chi connectivity index (χ4v) is 2.78. The highest BCUT2D eigenvalue weighted by Gasteiger charge is 2.40. The van der Waals surface area contributed by atoms with E-state index in [1.54, 1.807) is 23.9 Å². The Kier molecular flexibility index (Phi) is 3.13. The molecule has 7 nitrogen and oxygen atoms in total. The fourth-order valence-electron chi connectivity index (χ4n) is 2.78. The van der Waals surface area contributed by atoms with Crippen molar-refractivity contribution in [3.8, 4) is 0 Å². The first-order chi connectivity index (χ1) is 9.99. The van der Waals surface area contributed by atoms with Crippen molar-refractivity contribution in [3.63, 3.8) is 0 Å². The number of likely N-dealkylation sites (tertiary alicyclic amines) is 1. The minimum Gasteiger partial charge on any atom is -0.480 e. The average Bonchev–Trinajstić information content (AvgIpc) is 3.00. The van der Waals surface area contributed by atoms with Crippen LogP contribution in [0, 0.1) is 0 Å². The summed E-state index contributed by atoms with van der Waals surface area (Å²) >= 11 is 0. The maximum atomic E-state index is 12.6. The molecular formula is C14H15N3O4. The molecule has 1 saturated heterocycles. The summed E-state index contributed by atoms with van der Waals surface area (Å²) in [6, 6.07) is 6.25. The van der Waals surface area contributed by atoms with E-state index < -0.39 is 24.0 Å². The summed E-state index contributed by atoms with van der Waals surface area (Å²) in [5.41, 5.74) is 1.01. The summed E-state index contributed by atoms with van der Waals surface area (Å²) in [7, 11) is 1.73. The van der Waals surface area contributed by atoms with Crippen molar-refractivity contribution < 1.29 is 19.8 Å². The van der Waals surface area contributed by atoms with Gasteiger partial charge in [-0.1, -0.05) is 18.2 Å². The van der Waals surface area contributed by atoms with Gasteiger partial charge in [0.1, 0.15) is 6.04 Å². The molecular weight excluding hydrogens is 274 g/mol. The number of β-amino-alcohol motifs (C(OH)–C–C–N with tert-alkyl or cyclic N) is 1. The number of rotatable bonds is 2. The van der Waals surface area contributed by atoms with Gasteiger partial charge in [0.05, 0.1) is 11.6 Å². The van der Waals surface area contributed by atoms with Crippen LogP contribution in [-0.4, -0.2) is 55.5 Å². The van der Waals surface area contributed by atoms with Gasteiger partial charge in [-0.05, 0) is 6.07 Å². The molecule has 1 amide bonds. The molecule has 7 heteroatoms. The quantitative estimate of drug-likeness (QED) is 0.825. The maximum absolute atomic E-state index is 12.6. The number of nitrogens with zero attached hydrogens (tertiary/aromatic N) is 3. The SMILES string of the molecule is Cn1nc(C(=O)N2C[C@@H](O)C[C@H]2C(=O)O)c2ccccc21. The predicted octanol–water partition coefficient (Wildman–Crippen LogP) is 0.233. The van der Waals surface area contributed by atoms with Crippen molar-refractivity contribution in [1.29, 1.82) is 0 Å². The van der Waals surface area contributed by atoms with Gasteiger partial charge in [-0.2, -0.15) is 5.10 Å². The topological polar surface area (TPSA) is 95.7 Å². The number of aromatic nitrogens is 2. The summed E-state index contributed by atoms with van der Waals surface area (Å²) in [6.45, 7) is 0.0146. The molecule has 2 N–H and O–H groups in total. The molecule has 21 heavy (non-hydrogen) atoms. The zero-order chi connectivity index (χ0) is 15.1. The first-order valence-corrected chi connectivity index (χ1v) is 6.62. The Morgan fingerprint density at radius 2 is 2.05 bits per heavy atom. The van der Waals surface area contributed by atoms with Crippen molar-refractivity contribution in [1.82, 2.24) is 14.7 Å². The number of benzene rings is 1. The van der Waals surface area contributed by atoms with Gasteiger partial charge in [-0.15, -0.1) is 0 Å². The third-order valence-corrected chi connectivity index (χ3v) is 3.79. The van der Waals surface area contributed by atoms with Crippen molar-refractivity contribution in [2.45, 2.75) is 18.6 Å². The number of carboxylic acids is 1. The van der Waals surface area contributed by atoms with Gasteiger partial charge >= 0.3 is 5.97 Å². The van der Waals surface area contributed by atoms with Crippen LogP contribution in [0.1, 0.15) is 16.9 Å². The van der Waals surface area contributed by atoms with Crippen molar-refractivity contribution in [2.24, 2.45) is 7.05 Å². The van der Waals surface area contributed by atoms with Gasteiger partial charge in [-0.3, -0.25) is 9.48 Å². The Balaban J connectivity index is 2.02. The standard InChI is InChI=1S/C14H15N3O4/c1-16-10-5-3-2-4-9(10)12(15-16)13(19)17-7-8(18)6-11(17)14(20)21/h2-5,8,11,18H,6-7H2,1H3,(H,20,21)/t8-,11-/m0/s1. The number of carbonyl (C=O) groups excluding carboxylic acids is 1. The van der Waals surface area contributed by atoms with E-state index in [-0.39, 0.29) is 18.7 Å². The van der Waals surface area contributed by atoms with Gasteiger partial charge in [-0.25, -0.2) is 4.79 Å². The highest BCUT2D eigenvalue weighted by Crippen LogP contribution is 2.24. The third kappa shape index (κ3) is 2.15. The summed E-state index contributed by atoms with van der Waals surface area (Å²) in [5.74, 6) is -1.57. The number of aryl methyl sites for hydroxylation is 1. The molecule has 0 spiro atoms. The second-order valence-corrected chi connectivity index (χ2v) is 5.19. The number of aliphatic hydroxyl groups excluding tert-OH is 1. The van der Waals surface area contributed by atoms with Crippen molar-refractivity contribution >= 4 is 22.8 Å². The van der Waals surface area contributed by atoms with E-state index >= 15 is 0 Å². The van der Waals surface area contributed by atoms with Crippen LogP contribution in [-0.2, 0) is 11.8 Å². The number of aliphatic carboxylic acids is 1. The van der Waals surface area contributed by atoms with Gasteiger partial charge in [0.25, 0.3) is 5.91 Å². The van der Waals surface area contributed by atoms with Gasteiger partial charge in [0.15, 0.2) is 5.69 Å². The molecule has 1 fully saturated rings. The Morgan fingerprint density at radius 1 is 1.33 bits per heavy atom. The lowest BCUT2D eigenvalue weighted by Gasteiger charge is -2.20. The van der Waals surface area contributed by atoms with Crippen LogP contribution in [0.25, 0.3) is 10.9 Å². The van der Waals surface area contributed by atoms with E-state index in [1.807, 2.05) is 12.1 Å². The second-order valence-electron chi connectivity index (χ2n) is 5.19. The van der Waals surface area contributed by atoms with E-state index in [0.717, 1.165) is 5.52 Å². The summed E-state index contributed by atoms with van der Waals surface area (Å²) in [5, 5.41) is 23.7. The molecule has 1 aromatic heterocycles. The Labute approximate surface area is 120 Å². The Morgan fingerprint density at radius 3 is 2.76 bits per heavy atom. The molecule has 2 heterocycles. The zero-order valence-electron chi connectivity index (χ0n) is 11.4. The molecule has 1 aliphatic heterocycles. The maximum Gasteiger partial charge on any atom is 0.326 e. The van der Waals surface area contributed by atoms with Gasteiger partial charge in [0, 0.05) is 25.4 Å². The highest BCUT2D eigenvalue weighted by molar-refractivity contribution is 6.06. The number of amides is 1. The van der Waals surface area contributed by atoms with Crippen LogP contribution < -0.4 is 0 Å². The molecule has 0 radical (unpaired) electrons. The molecule has 2 aromatic rings. The molecule has 0 saturated carbocycles. The van der Waals surface area contributed by atoms with E-state index in [4.69, 9.17) is 0 Å². The third-order valence-electron chi connectivity index (χ3n) is 3.79. The highest BCUT2D eigenvalue weighted by atomic mass is 16.4. The van der Waals surface area contributed by atoms with Crippen LogP contribution in [0.3, 0.4) is 0 Å². The molecule has 1 aromatic carbocycles. The number of fused-ring (bicyclic) bond motifs is 1. The first-order valence-electron chi connectivity index (χ1n) is 6.62. The Hall–Kier alpha value is -2.41. The van der Waals surface area contributed by atoms with E-state index in [0.29, 0.717) is 5.39 Å². The minimum atomic E-state index is -1.11. The second kappa shape index (κ2) is 4.85. The number of carbonyl (C=O) groups is 2. The average molecular weight is 289 g/mol. The molecule has 110 valence electrons. The first kappa shape index (κ1) is 13.6. The normalized spacial score (nSPS) is 21.9. The molecule has 0 aliphatic carbocycles. The molecule has 3 rings (SSSR count). The Bertz CT molecular complexity index is 724. The van der Waals surface area contributed by atoms with Crippen LogP contribution in [0.2, 0.25) is 0 Å². The number of carboxylic acid groups (broad SMARTS) is 1. The molecule has 0 bridgehead atoms. The van der Waals surface area contributed by atoms with Gasteiger partial charge in [0.2, 0.25) is 0 Å². The molecule has 1 aliphatic rings. The number of hydrogen-bond donors (Lipinski definition) is 2. The van der Waals surface area contributed by atoms with E-state index in [2.05, 4.69) is 5.10 Å². The summed E-state index contributed by atoms with van der Waals surface area (Å²) < 4.78 is 1.59. The van der Waals surface area contributed by atoms with Crippen molar-refractivity contribution in [2.75, 3.05) is 6.54 Å². The van der Waals surface area contributed by atoms with Crippen molar-refractivity contribution in [3.05, 3.63) is 30.0 Å². The molecule has 0 unspecified atom stereocenters. The number of para-hydroxylation sites is 1. The van der Waals surface area contributed by atoms with Crippen LogP contribution in [0.5, 0.6) is 0 Å². The monoisotopic (exact) mass is 289 g/mol. The smallest absolute Gasteiger partial charge is 0.326 e. The van der Waals surface area contributed by atoms with E-state index in [9.17, 15) is 19.8 Å². The lowest BCUT2D eigenvalue weighted by molar-refractivity contribution is -0.141. The lowest BCUT2D eigenvalue weighted by atomic mass is 10.1. The zero-order valence-corrected chi connectivity index (χ0v) is 11.4. The van der Waals surface area contributed by atoms with E-state index in [1.165, 1.54) is 4.90 Å². The van der Waals surface area contributed by atoms with Gasteiger partial charge < -0.3 is 15.1 Å². The van der Waals surface area contributed by atoms with Crippen LogP contribution >= 0.6 is 0 Å². The molecule has 2 atom stereocenters. The fraction of sp³-hybridized carbons (Fsp3) is 0.357. The number of aliphatic hydroxyl groups is 1. The van der Waals surface area contributed by atoms with Crippen LogP contribution in [0.15, 0.2) is 24.3 Å². The largest absolute Gasteiger partial charge is 0.480 e. The number of hydrogen-bond acceptors (Lipinski definition) is 4. The summed E-state index contributed by atoms with van der Waals surface area (Å²) in [4.78, 5) is 25.0. The summed E-state index contributed by atoms with van der Waals surface area (Å²) in [6.07, 6.45) is -0.767. The van der Waals surface area contributed by atoms with Crippen LogP contribution in [0.4, 0.5) is 0 Å². The minimum absolute atomic E-state index is 0.0146. The lowest BCUT2D eigenvalue weighted by Crippen LogP contribution is -2.40.